The summed E-state index contributed by atoms with van der Waals surface area (Å²) >= 11 is 0. The van der Waals surface area contributed by atoms with Crippen molar-refractivity contribution in [3.8, 4) is 0 Å². The zero-order valence-corrected chi connectivity index (χ0v) is 16.8. The van der Waals surface area contributed by atoms with E-state index in [4.69, 9.17) is 9.90 Å². The molecule has 1 aromatic heterocycles. The number of hydrogen-bond acceptors (Lipinski definition) is 5. The van der Waals surface area contributed by atoms with Gasteiger partial charge in [-0.1, -0.05) is 18.2 Å². The van der Waals surface area contributed by atoms with E-state index >= 15 is 0 Å². The molecule has 8 heteroatoms. The number of anilines is 1. The number of carbonyl (C=O) groups excluding carboxylic acids is 1. The molecule has 0 saturated carbocycles. The summed E-state index contributed by atoms with van der Waals surface area (Å²) in [6.07, 6.45) is 2.76. The predicted molar refractivity (Wildman–Crippen MR) is 111 cm³/mol. The molecule has 0 unspecified atom stereocenters. The number of hydrogen-bond donors (Lipinski definition) is 3. The molecule has 156 valence electrons. The lowest BCUT2D eigenvalue weighted by molar-refractivity contribution is -0.141. The molecular weight excluding hydrogens is 370 g/mol. The number of aryl methyl sites for hydroxylation is 1. The van der Waals surface area contributed by atoms with Crippen molar-refractivity contribution in [1.29, 1.82) is 0 Å². The second-order valence-corrected chi connectivity index (χ2v) is 7.64. The van der Waals surface area contributed by atoms with Crippen molar-refractivity contribution in [2.75, 3.05) is 31.5 Å². The van der Waals surface area contributed by atoms with Crippen molar-refractivity contribution in [2.24, 2.45) is 0 Å². The van der Waals surface area contributed by atoms with Crippen LogP contribution in [0.3, 0.4) is 0 Å². The van der Waals surface area contributed by atoms with Crippen molar-refractivity contribution >= 4 is 18.1 Å². The summed E-state index contributed by atoms with van der Waals surface area (Å²) in [5.74, 6) is 0.267. The molecule has 2 aromatic rings. The highest BCUT2D eigenvalue weighted by Gasteiger charge is 2.44. The fourth-order valence-corrected chi connectivity index (χ4v) is 3.89. The molecule has 4 rings (SSSR count). The number of piperidine rings is 1. The average molecular weight is 399 g/mol. The Morgan fingerprint density at radius 1 is 1.24 bits per heavy atom. The summed E-state index contributed by atoms with van der Waals surface area (Å²) in [4.78, 5) is 26.0. The van der Waals surface area contributed by atoms with Crippen LogP contribution < -0.4 is 5.32 Å². The third kappa shape index (κ3) is 5.14. The third-order valence-corrected chi connectivity index (χ3v) is 5.56. The Morgan fingerprint density at radius 2 is 1.90 bits per heavy atom. The second-order valence-electron chi connectivity index (χ2n) is 7.64. The SMILES string of the molecule is Cc1cc(CN2CCC(Nc3ccccc3)(C(=O)N3CCC3)CC2)n[nH]1.O=CO. The van der Waals surface area contributed by atoms with Crippen LogP contribution in [0.15, 0.2) is 36.4 Å². The molecule has 0 radical (unpaired) electrons. The van der Waals surface area contributed by atoms with Gasteiger partial charge in [-0.2, -0.15) is 5.10 Å². The lowest BCUT2D eigenvalue weighted by Gasteiger charge is -2.46. The lowest BCUT2D eigenvalue weighted by Crippen LogP contribution is -2.61. The first kappa shape index (κ1) is 20.9. The first-order valence-corrected chi connectivity index (χ1v) is 10.00. The van der Waals surface area contributed by atoms with Crippen LogP contribution in [0.1, 0.15) is 30.7 Å². The van der Waals surface area contributed by atoms with Crippen LogP contribution in [0.2, 0.25) is 0 Å². The van der Waals surface area contributed by atoms with E-state index in [1.807, 2.05) is 42.2 Å². The molecule has 0 atom stereocenters. The number of H-pyrrole nitrogens is 1. The van der Waals surface area contributed by atoms with Gasteiger partial charge in [-0.05, 0) is 44.4 Å². The van der Waals surface area contributed by atoms with Crippen molar-refractivity contribution in [1.82, 2.24) is 20.0 Å². The molecule has 2 fully saturated rings. The number of aromatic nitrogens is 2. The first-order valence-electron chi connectivity index (χ1n) is 10.00. The molecule has 0 spiro atoms. The van der Waals surface area contributed by atoms with Crippen LogP contribution in [0, 0.1) is 6.92 Å². The van der Waals surface area contributed by atoms with Gasteiger partial charge in [-0.15, -0.1) is 0 Å². The number of aromatic amines is 1. The second kappa shape index (κ2) is 9.56. The van der Waals surface area contributed by atoms with Crippen LogP contribution in [-0.2, 0) is 16.1 Å². The summed E-state index contributed by atoms with van der Waals surface area (Å²) < 4.78 is 0. The Kier molecular flexibility index (Phi) is 6.87. The third-order valence-electron chi connectivity index (χ3n) is 5.56. The summed E-state index contributed by atoms with van der Waals surface area (Å²) in [6, 6.07) is 12.2. The Morgan fingerprint density at radius 3 is 2.41 bits per heavy atom. The molecule has 8 nitrogen and oxygen atoms in total. The smallest absolute Gasteiger partial charge is 0.290 e. The topological polar surface area (TPSA) is 102 Å². The minimum atomic E-state index is -0.486. The molecule has 29 heavy (non-hydrogen) atoms. The minimum absolute atomic E-state index is 0.250. The number of nitrogens with zero attached hydrogens (tertiary/aromatic N) is 3. The molecule has 1 amide bonds. The number of likely N-dealkylation sites (tertiary alicyclic amines) is 2. The predicted octanol–water partition coefficient (Wildman–Crippen LogP) is 2.10. The van der Waals surface area contributed by atoms with Gasteiger partial charge in [0.25, 0.3) is 6.47 Å². The van der Waals surface area contributed by atoms with Gasteiger partial charge in [0.2, 0.25) is 5.91 Å². The van der Waals surface area contributed by atoms with E-state index in [0.717, 1.165) is 69.1 Å². The van der Waals surface area contributed by atoms with Crippen molar-refractivity contribution < 1.29 is 14.7 Å². The highest BCUT2D eigenvalue weighted by molar-refractivity contribution is 5.90. The maximum Gasteiger partial charge on any atom is 0.290 e. The van der Waals surface area contributed by atoms with Gasteiger partial charge in [0.1, 0.15) is 5.54 Å². The first-order chi connectivity index (χ1) is 14.1. The Balaban J connectivity index is 0.000000755. The molecule has 0 bridgehead atoms. The van der Waals surface area contributed by atoms with Crippen LogP contribution in [-0.4, -0.2) is 69.2 Å². The van der Waals surface area contributed by atoms with E-state index in [0.29, 0.717) is 0 Å². The molecule has 3 heterocycles. The monoisotopic (exact) mass is 399 g/mol. The van der Waals surface area contributed by atoms with E-state index in [-0.39, 0.29) is 12.4 Å². The number of amides is 1. The van der Waals surface area contributed by atoms with E-state index in [9.17, 15) is 4.79 Å². The molecule has 2 aliphatic heterocycles. The van der Waals surface area contributed by atoms with E-state index < -0.39 is 5.54 Å². The van der Waals surface area contributed by atoms with Gasteiger partial charge >= 0.3 is 0 Å². The Hall–Kier alpha value is -2.87. The molecule has 3 N–H and O–H groups in total. The summed E-state index contributed by atoms with van der Waals surface area (Å²) in [7, 11) is 0. The minimum Gasteiger partial charge on any atom is -0.483 e. The number of carboxylic acid groups (broad SMARTS) is 1. The normalized spacial score (nSPS) is 18.2. The van der Waals surface area contributed by atoms with Crippen LogP contribution >= 0.6 is 0 Å². The number of nitrogens with one attached hydrogen (secondary N) is 2. The van der Waals surface area contributed by atoms with E-state index in [1.165, 1.54) is 0 Å². The average Bonchev–Trinajstić information content (AvgIpc) is 3.08. The van der Waals surface area contributed by atoms with Gasteiger partial charge in [-0.3, -0.25) is 19.6 Å². The largest absolute Gasteiger partial charge is 0.483 e. The van der Waals surface area contributed by atoms with Crippen molar-refractivity contribution in [3.05, 3.63) is 47.8 Å². The zero-order valence-electron chi connectivity index (χ0n) is 16.8. The number of benzene rings is 1. The molecule has 0 aliphatic carbocycles. The van der Waals surface area contributed by atoms with Gasteiger partial charge in [-0.25, -0.2) is 0 Å². The number of carbonyl (C=O) groups is 2. The fourth-order valence-electron chi connectivity index (χ4n) is 3.89. The van der Waals surface area contributed by atoms with Gasteiger partial charge in [0, 0.05) is 44.1 Å². The molecule has 2 saturated heterocycles. The molecule has 1 aromatic carbocycles. The van der Waals surface area contributed by atoms with Crippen LogP contribution in [0.5, 0.6) is 0 Å². The van der Waals surface area contributed by atoms with Gasteiger partial charge in [0.05, 0.1) is 5.69 Å². The Bertz CT molecular complexity index is 796. The van der Waals surface area contributed by atoms with E-state index in [1.54, 1.807) is 0 Å². The maximum absolute atomic E-state index is 13.2. The molecule has 2 aliphatic rings. The highest BCUT2D eigenvalue weighted by Crippen LogP contribution is 2.31. The van der Waals surface area contributed by atoms with E-state index in [2.05, 4.69) is 26.5 Å². The van der Waals surface area contributed by atoms with Crippen LogP contribution in [0.4, 0.5) is 5.69 Å². The van der Waals surface area contributed by atoms with Crippen molar-refractivity contribution in [2.45, 2.75) is 38.3 Å². The van der Waals surface area contributed by atoms with Gasteiger partial charge in [0.15, 0.2) is 0 Å². The number of para-hydroxylation sites is 1. The lowest BCUT2D eigenvalue weighted by atomic mass is 9.84. The van der Waals surface area contributed by atoms with Crippen LogP contribution in [0.25, 0.3) is 0 Å². The summed E-state index contributed by atoms with van der Waals surface area (Å²) in [6.45, 7) is 6.19. The van der Waals surface area contributed by atoms with Gasteiger partial charge < -0.3 is 15.3 Å². The highest BCUT2D eigenvalue weighted by atomic mass is 16.3. The fraction of sp³-hybridized carbons (Fsp3) is 0.476. The summed E-state index contributed by atoms with van der Waals surface area (Å²) in [5, 5.41) is 17.8. The number of rotatable bonds is 5. The maximum atomic E-state index is 13.2. The Labute approximate surface area is 170 Å². The quantitative estimate of drug-likeness (QED) is 0.666. The summed E-state index contributed by atoms with van der Waals surface area (Å²) in [5.41, 5.74) is 2.70. The zero-order chi connectivity index (χ0) is 20.7. The molecular formula is C21H29N5O3. The standard InChI is InChI=1S/C20H27N5O.CH2O2/c1-16-14-18(23-22-16)15-24-12-8-20(9-13-24,19(26)25-10-5-11-25)21-17-6-3-2-4-7-17;2-1-3/h2-4,6-7,14,21H,5,8-13,15H2,1H3,(H,22,23);1H,(H,2,3). The van der Waals surface area contributed by atoms with Crippen molar-refractivity contribution in [3.63, 3.8) is 0 Å².